The van der Waals surface area contributed by atoms with Gasteiger partial charge in [-0.15, -0.1) is 11.3 Å². The normalized spacial score (nSPS) is 19.2. The van der Waals surface area contributed by atoms with Crippen LogP contribution in [0.25, 0.3) is 0 Å². The van der Waals surface area contributed by atoms with Gasteiger partial charge in [-0.05, 0) is 41.8 Å². The van der Waals surface area contributed by atoms with Crippen molar-refractivity contribution in [3.05, 3.63) is 52.9 Å². The van der Waals surface area contributed by atoms with Crippen molar-refractivity contribution in [3.63, 3.8) is 0 Å². The Hall–Kier alpha value is -1.70. The van der Waals surface area contributed by atoms with Crippen LogP contribution in [0, 0.1) is 5.92 Å². The van der Waals surface area contributed by atoms with Crippen LogP contribution in [0.3, 0.4) is 0 Å². The highest BCUT2D eigenvalue weighted by molar-refractivity contribution is 7.91. The summed E-state index contributed by atoms with van der Waals surface area (Å²) < 4.78 is 27.9. The van der Waals surface area contributed by atoms with Gasteiger partial charge in [0.15, 0.2) is 0 Å². The van der Waals surface area contributed by atoms with E-state index in [1.165, 1.54) is 15.6 Å². The molecule has 1 aliphatic rings. The Morgan fingerprint density at radius 1 is 1.15 bits per heavy atom. The highest BCUT2D eigenvalue weighted by atomic mass is 32.2. The minimum atomic E-state index is -3.72. The summed E-state index contributed by atoms with van der Waals surface area (Å²) in [7, 11) is -3.72. The van der Waals surface area contributed by atoms with E-state index in [-0.39, 0.29) is 28.6 Å². The topological polar surface area (TPSA) is 66.5 Å². The van der Waals surface area contributed by atoms with Crippen molar-refractivity contribution in [2.45, 2.75) is 50.0 Å². The van der Waals surface area contributed by atoms with E-state index in [0.717, 1.165) is 11.1 Å². The number of fused-ring (bicyclic) bond motifs is 1. The average Bonchev–Trinajstić information content (AvgIpc) is 3.15. The third-order valence-electron chi connectivity index (χ3n) is 4.94. The SMILES string of the molecule is CC(C)[C@@H](C)NC(=O)[C@@H]1Cc2ccccc2CN1S(=O)(=O)c1cccs1. The zero-order valence-corrected chi connectivity index (χ0v) is 16.8. The molecular formula is C19H24N2O3S2. The number of amides is 1. The molecule has 5 nitrogen and oxygen atoms in total. The van der Waals surface area contributed by atoms with Crippen LogP contribution in [0.2, 0.25) is 0 Å². The maximum absolute atomic E-state index is 13.1. The lowest BCUT2D eigenvalue weighted by Crippen LogP contribution is -2.54. The summed E-state index contributed by atoms with van der Waals surface area (Å²) in [6, 6.07) is 10.3. The van der Waals surface area contributed by atoms with E-state index < -0.39 is 16.1 Å². The zero-order valence-electron chi connectivity index (χ0n) is 15.2. The van der Waals surface area contributed by atoms with Gasteiger partial charge >= 0.3 is 0 Å². The Kier molecular flexibility index (Phi) is 5.50. The lowest BCUT2D eigenvalue weighted by Gasteiger charge is -2.35. The fourth-order valence-electron chi connectivity index (χ4n) is 2.99. The predicted molar refractivity (Wildman–Crippen MR) is 103 cm³/mol. The van der Waals surface area contributed by atoms with E-state index >= 15 is 0 Å². The molecule has 26 heavy (non-hydrogen) atoms. The molecule has 3 rings (SSSR count). The zero-order chi connectivity index (χ0) is 18.9. The van der Waals surface area contributed by atoms with Gasteiger partial charge in [0.1, 0.15) is 10.3 Å². The molecule has 0 saturated heterocycles. The maximum atomic E-state index is 13.1. The summed E-state index contributed by atoms with van der Waals surface area (Å²) >= 11 is 1.18. The van der Waals surface area contributed by atoms with E-state index in [0.29, 0.717) is 6.42 Å². The fraction of sp³-hybridized carbons (Fsp3) is 0.421. The molecule has 0 radical (unpaired) electrons. The minimum Gasteiger partial charge on any atom is -0.352 e. The van der Waals surface area contributed by atoms with Crippen LogP contribution >= 0.6 is 11.3 Å². The number of carbonyl (C=O) groups excluding carboxylic acids is 1. The Balaban J connectivity index is 1.97. The van der Waals surface area contributed by atoms with E-state index in [2.05, 4.69) is 5.32 Å². The van der Waals surface area contributed by atoms with Gasteiger partial charge < -0.3 is 5.32 Å². The maximum Gasteiger partial charge on any atom is 0.253 e. The molecule has 2 heterocycles. The number of carbonyl (C=O) groups is 1. The Bertz CT molecular complexity index is 876. The van der Waals surface area contributed by atoms with Crippen molar-refractivity contribution < 1.29 is 13.2 Å². The molecule has 0 saturated carbocycles. The Labute approximate surface area is 159 Å². The second-order valence-corrected chi connectivity index (χ2v) is 10.1. The van der Waals surface area contributed by atoms with Gasteiger partial charge in [-0.2, -0.15) is 4.31 Å². The van der Waals surface area contributed by atoms with Crippen molar-refractivity contribution in [1.29, 1.82) is 0 Å². The highest BCUT2D eigenvalue weighted by Gasteiger charge is 2.40. The van der Waals surface area contributed by atoms with Crippen molar-refractivity contribution in [2.24, 2.45) is 5.92 Å². The van der Waals surface area contributed by atoms with Gasteiger partial charge in [-0.1, -0.05) is 44.2 Å². The smallest absolute Gasteiger partial charge is 0.253 e. The predicted octanol–water partition coefficient (Wildman–Crippen LogP) is 3.02. The summed E-state index contributed by atoms with van der Waals surface area (Å²) in [6.07, 6.45) is 0.386. The first-order valence-electron chi connectivity index (χ1n) is 8.73. The molecule has 0 spiro atoms. The van der Waals surface area contributed by atoms with Crippen molar-refractivity contribution in [1.82, 2.24) is 9.62 Å². The quantitative estimate of drug-likeness (QED) is 0.851. The lowest BCUT2D eigenvalue weighted by atomic mass is 9.95. The molecule has 1 amide bonds. The van der Waals surface area contributed by atoms with E-state index in [9.17, 15) is 13.2 Å². The standard InChI is InChI=1S/C19H24N2O3S2/c1-13(2)14(3)20-19(22)17-11-15-7-4-5-8-16(15)12-21(17)26(23,24)18-9-6-10-25-18/h4-10,13-14,17H,11-12H2,1-3H3,(H,20,22)/t14-,17+/m1/s1. The number of nitrogens with zero attached hydrogens (tertiary/aromatic N) is 1. The van der Waals surface area contributed by atoms with Crippen molar-refractivity contribution in [3.8, 4) is 0 Å². The molecule has 0 aliphatic carbocycles. The molecule has 1 aromatic carbocycles. The van der Waals surface area contributed by atoms with Gasteiger partial charge in [0.25, 0.3) is 10.0 Å². The van der Waals surface area contributed by atoms with Crippen molar-refractivity contribution >= 4 is 27.3 Å². The van der Waals surface area contributed by atoms with E-state index in [1.54, 1.807) is 17.5 Å². The highest BCUT2D eigenvalue weighted by Crippen LogP contribution is 2.31. The number of rotatable bonds is 5. The molecule has 0 fully saturated rings. The number of sulfonamides is 1. The van der Waals surface area contributed by atoms with Crippen LogP contribution in [0.15, 0.2) is 46.0 Å². The van der Waals surface area contributed by atoms with Crippen molar-refractivity contribution in [2.75, 3.05) is 0 Å². The molecule has 7 heteroatoms. The van der Waals surface area contributed by atoms with E-state index in [4.69, 9.17) is 0 Å². The number of hydrogen-bond donors (Lipinski definition) is 1. The first-order chi connectivity index (χ1) is 12.3. The largest absolute Gasteiger partial charge is 0.352 e. The Morgan fingerprint density at radius 3 is 2.46 bits per heavy atom. The van der Waals surface area contributed by atoms with Crippen LogP contribution in [0.1, 0.15) is 31.9 Å². The molecule has 140 valence electrons. The summed E-state index contributed by atoms with van der Waals surface area (Å²) in [4.78, 5) is 12.9. The number of thiophene rings is 1. The molecule has 0 bridgehead atoms. The average molecular weight is 393 g/mol. The fourth-order valence-corrected chi connectivity index (χ4v) is 5.67. The lowest BCUT2D eigenvalue weighted by molar-refractivity contribution is -0.126. The van der Waals surface area contributed by atoms with Gasteiger partial charge in [-0.25, -0.2) is 8.42 Å². The molecule has 2 aromatic rings. The monoisotopic (exact) mass is 392 g/mol. The molecule has 2 atom stereocenters. The summed E-state index contributed by atoms with van der Waals surface area (Å²) in [5, 5.41) is 4.72. The molecule has 1 aromatic heterocycles. The Morgan fingerprint density at radius 2 is 1.85 bits per heavy atom. The summed E-state index contributed by atoms with van der Waals surface area (Å²) in [5.41, 5.74) is 1.98. The summed E-state index contributed by atoms with van der Waals surface area (Å²) in [5.74, 6) is 0.0398. The second-order valence-electron chi connectivity index (χ2n) is 7.01. The number of benzene rings is 1. The van der Waals surface area contributed by atoms with E-state index in [1.807, 2.05) is 45.0 Å². The van der Waals surface area contributed by atoms with Gasteiger partial charge in [0, 0.05) is 12.6 Å². The molecular weight excluding hydrogens is 368 g/mol. The number of nitrogens with one attached hydrogen (secondary N) is 1. The van der Waals surface area contributed by atoms with Crippen LogP contribution in [-0.2, 0) is 27.8 Å². The first-order valence-corrected chi connectivity index (χ1v) is 11.0. The molecule has 1 aliphatic heterocycles. The van der Waals surface area contributed by atoms with Gasteiger partial charge in [0.2, 0.25) is 5.91 Å². The summed E-state index contributed by atoms with van der Waals surface area (Å²) in [6.45, 7) is 6.21. The third-order valence-corrected chi connectivity index (χ3v) is 8.16. The second kappa shape index (κ2) is 7.50. The molecule has 1 N–H and O–H groups in total. The number of hydrogen-bond acceptors (Lipinski definition) is 4. The van der Waals surface area contributed by atoms with Crippen LogP contribution in [0.4, 0.5) is 0 Å². The third kappa shape index (κ3) is 3.70. The van der Waals surface area contributed by atoms with Gasteiger partial charge in [0.05, 0.1) is 0 Å². The van der Waals surface area contributed by atoms with Gasteiger partial charge in [-0.3, -0.25) is 4.79 Å². The van der Waals surface area contributed by atoms with Crippen LogP contribution in [-0.4, -0.2) is 30.7 Å². The van der Waals surface area contributed by atoms with Crippen LogP contribution in [0.5, 0.6) is 0 Å². The molecule has 0 unspecified atom stereocenters. The minimum absolute atomic E-state index is 0.0223. The van der Waals surface area contributed by atoms with Crippen LogP contribution < -0.4 is 5.32 Å². The first kappa shape index (κ1) is 19.1.